The summed E-state index contributed by atoms with van der Waals surface area (Å²) in [5.41, 5.74) is 3.17. The van der Waals surface area contributed by atoms with Gasteiger partial charge in [0.1, 0.15) is 17.6 Å². The van der Waals surface area contributed by atoms with Gasteiger partial charge in [0.05, 0.1) is 21.5 Å². The molecular formula is C24H17N5O4. The predicted molar refractivity (Wildman–Crippen MR) is 123 cm³/mol. The molecule has 33 heavy (non-hydrogen) atoms. The van der Waals surface area contributed by atoms with Gasteiger partial charge in [-0.15, -0.1) is 0 Å². The number of allylic oxidation sites excluding steroid dienone is 1. The van der Waals surface area contributed by atoms with Gasteiger partial charge in [-0.3, -0.25) is 14.9 Å². The molecule has 0 radical (unpaired) electrons. The molecule has 0 aliphatic heterocycles. The maximum absolute atomic E-state index is 12.1. The van der Waals surface area contributed by atoms with Crippen molar-refractivity contribution in [1.29, 1.82) is 5.26 Å². The summed E-state index contributed by atoms with van der Waals surface area (Å²) in [5, 5.41) is 22.8. The van der Waals surface area contributed by atoms with Crippen molar-refractivity contribution in [2.24, 2.45) is 0 Å². The molecule has 1 heterocycles. The van der Waals surface area contributed by atoms with E-state index in [9.17, 15) is 20.2 Å². The molecular weight excluding hydrogens is 422 g/mol. The quantitative estimate of drug-likeness (QED) is 0.246. The van der Waals surface area contributed by atoms with Gasteiger partial charge in [0, 0.05) is 17.8 Å². The van der Waals surface area contributed by atoms with Gasteiger partial charge < -0.3 is 15.0 Å². The molecule has 0 saturated carbocycles. The van der Waals surface area contributed by atoms with Crippen LogP contribution in [-0.2, 0) is 4.79 Å². The minimum absolute atomic E-state index is 0.0572. The third-order valence-corrected chi connectivity index (χ3v) is 4.69. The number of carbonyl (C=O) groups excluding carboxylic acids is 1. The van der Waals surface area contributed by atoms with Crippen LogP contribution in [-0.4, -0.2) is 27.4 Å². The van der Waals surface area contributed by atoms with E-state index < -0.39 is 10.8 Å². The molecule has 162 valence electrons. The van der Waals surface area contributed by atoms with Gasteiger partial charge in [-0.1, -0.05) is 24.3 Å². The lowest BCUT2D eigenvalue weighted by Crippen LogP contribution is -2.20. The molecule has 0 unspecified atom stereocenters. The van der Waals surface area contributed by atoms with Crippen LogP contribution in [0.25, 0.3) is 22.7 Å². The minimum Gasteiger partial charge on any atom is -0.484 e. The lowest BCUT2D eigenvalue weighted by molar-refractivity contribution is -0.384. The fraction of sp³-hybridized carbons (Fsp3) is 0.0417. The van der Waals surface area contributed by atoms with E-state index in [0.717, 1.165) is 16.6 Å². The third-order valence-electron chi connectivity index (χ3n) is 4.69. The van der Waals surface area contributed by atoms with E-state index in [-0.39, 0.29) is 12.3 Å². The number of nitriles is 1. The van der Waals surface area contributed by atoms with Crippen LogP contribution in [0.1, 0.15) is 11.4 Å². The van der Waals surface area contributed by atoms with Crippen LogP contribution in [0.4, 0.5) is 11.4 Å². The van der Waals surface area contributed by atoms with E-state index in [1.165, 1.54) is 24.3 Å². The fourth-order valence-corrected chi connectivity index (χ4v) is 3.07. The Bertz CT molecular complexity index is 1350. The van der Waals surface area contributed by atoms with Crippen LogP contribution >= 0.6 is 0 Å². The third kappa shape index (κ3) is 5.21. The number of aromatic nitrogens is 2. The van der Waals surface area contributed by atoms with Gasteiger partial charge in [0.25, 0.3) is 11.6 Å². The minimum atomic E-state index is -0.510. The first-order valence-corrected chi connectivity index (χ1v) is 9.86. The molecule has 0 atom stereocenters. The number of non-ortho nitro benzene ring substituents is 1. The van der Waals surface area contributed by atoms with E-state index in [1.807, 2.05) is 24.3 Å². The second-order valence-electron chi connectivity index (χ2n) is 6.98. The van der Waals surface area contributed by atoms with E-state index in [4.69, 9.17) is 4.74 Å². The van der Waals surface area contributed by atoms with Crippen molar-refractivity contribution in [2.75, 3.05) is 11.9 Å². The molecule has 2 N–H and O–H groups in total. The van der Waals surface area contributed by atoms with Crippen molar-refractivity contribution in [1.82, 2.24) is 9.97 Å². The number of amides is 1. The fourth-order valence-electron chi connectivity index (χ4n) is 3.07. The monoisotopic (exact) mass is 439 g/mol. The number of benzene rings is 3. The van der Waals surface area contributed by atoms with Crippen LogP contribution in [0.15, 0.2) is 72.8 Å². The molecule has 1 amide bonds. The Labute approximate surface area is 188 Å². The molecule has 0 aliphatic carbocycles. The Kier molecular flexibility index (Phi) is 6.09. The van der Waals surface area contributed by atoms with E-state index in [0.29, 0.717) is 22.8 Å². The Morgan fingerprint density at radius 2 is 1.85 bits per heavy atom. The Balaban J connectivity index is 1.37. The number of para-hydroxylation sites is 2. The predicted octanol–water partition coefficient (Wildman–Crippen LogP) is 4.55. The van der Waals surface area contributed by atoms with Gasteiger partial charge >= 0.3 is 0 Å². The first kappa shape index (κ1) is 21.3. The molecule has 1 aromatic heterocycles. The van der Waals surface area contributed by atoms with Gasteiger partial charge in [-0.2, -0.15) is 5.26 Å². The molecule has 0 aliphatic rings. The average Bonchev–Trinajstić information content (AvgIpc) is 3.26. The average molecular weight is 439 g/mol. The van der Waals surface area contributed by atoms with Crippen molar-refractivity contribution < 1.29 is 14.5 Å². The lowest BCUT2D eigenvalue weighted by atomic mass is 10.1. The summed E-state index contributed by atoms with van der Waals surface area (Å²) < 4.78 is 5.49. The van der Waals surface area contributed by atoms with Gasteiger partial charge in [-0.25, -0.2) is 4.98 Å². The second kappa shape index (κ2) is 9.45. The summed E-state index contributed by atoms with van der Waals surface area (Å²) in [6.45, 7) is -0.228. The van der Waals surface area contributed by atoms with Crippen molar-refractivity contribution in [3.63, 3.8) is 0 Å². The number of aromatic amines is 1. The Morgan fingerprint density at radius 3 is 2.52 bits per heavy atom. The highest BCUT2D eigenvalue weighted by Gasteiger charge is 2.09. The topological polar surface area (TPSA) is 134 Å². The van der Waals surface area contributed by atoms with Crippen LogP contribution in [0, 0.1) is 21.4 Å². The number of nitrogens with zero attached hydrogens (tertiary/aromatic N) is 3. The highest BCUT2D eigenvalue weighted by Crippen LogP contribution is 2.21. The van der Waals surface area contributed by atoms with Gasteiger partial charge in [0.2, 0.25) is 0 Å². The zero-order valence-electron chi connectivity index (χ0n) is 17.2. The number of imidazole rings is 1. The molecule has 9 heteroatoms. The maximum Gasteiger partial charge on any atom is 0.269 e. The Morgan fingerprint density at radius 1 is 1.12 bits per heavy atom. The summed E-state index contributed by atoms with van der Waals surface area (Å²) in [7, 11) is 0. The standard InChI is InChI=1S/C24H17N5O4/c25-14-17(24-27-21-3-1-2-4-22(21)28-24)13-16-5-11-20(12-6-16)33-15-23(30)26-18-7-9-19(10-8-18)29(31)32/h1-13H,15H2,(H,26,30)(H,27,28)/b17-13+. The zero-order chi connectivity index (χ0) is 23.2. The van der Waals surface area contributed by atoms with Crippen LogP contribution in [0.5, 0.6) is 5.75 Å². The SMILES string of the molecule is N#C/C(=C\c1ccc(OCC(=O)Nc2ccc([N+](=O)[O-])cc2)cc1)c1nc2ccccc2[nH]1. The number of ether oxygens (including phenoxy) is 1. The molecule has 9 nitrogen and oxygen atoms in total. The maximum atomic E-state index is 12.1. The van der Waals surface area contributed by atoms with Crippen molar-refractivity contribution in [3.05, 3.63) is 94.3 Å². The zero-order valence-corrected chi connectivity index (χ0v) is 17.2. The van der Waals surface area contributed by atoms with E-state index in [1.54, 1.807) is 30.3 Å². The summed E-state index contributed by atoms with van der Waals surface area (Å²) in [4.78, 5) is 29.8. The molecule has 0 bridgehead atoms. The summed E-state index contributed by atoms with van der Waals surface area (Å²) in [5.74, 6) is 0.569. The van der Waals surface area contributed by atoms with Gasteiger partial charge in [0.15, 0.2) is 6.61 Å². The molecule has 4 rings (SSSR count). The van der Waals surface area contributed by atoms with Crippen molar-refractivity contribution >= 4 is 40.0 Å². The van der Waals surface area contributed by atoms with Crippen LogP contribution in [0.2, 0.25) is 0 Å². The summed E-state index contributed by atoms with van der Waals surface area (Å²) in [6.07, 6.45) is 1.71. The Hall–Kier alpha value is -4.97. The van der Waals surface area contributed by atoms with Crippen LogP contribution < -0.4 is 10.1 Å². The number of H-pyrrole nitrogens is 1. The number of fused-ring (bicyclic) bond motifs is 1. The largest absolute Gasteiger partial charge is 0.484 e. The summed E-state index contributed by atoms with van der Waals surface area (Å²) >= 11 is 0. The number of hydrogen-bond donors (Lipinski definition) is 2. The molecule has 0 saturated heterocycles. The number of nitrogens with one attached hydrogen (secondary N) is 2. The second-order valence-corrected chi connectivity index (χ2v) is 6.98. The number of nitro benzene ring substituents is 1. The van der Waals surface area contributed by atoms with E-state index >= 15 is 0 Å². The molecule has 0 spiro atoms. The molecule has 3 aromatic carbocycles. The number of carbonyl (C=O) groups is 1. The van der Waals surface area contributed by atoms with Crippen molar-refractivity contribution in [3.8, 4) is 11.8 Å². The first-order chi connectivity index (χ1) is 16.0. The lowest BCUT2D eigenvalue weighted by Gasteiger charge is -2.08. The molecule has 0 fully saturated rings. The highest BCUT2D eigenvalue weighted by atomic mass is 16.6. The van der Waals surface area contributed by atoms with Gasteiger partial charge in [-0.05, 0) is 48.0 Å². The van der Waals surface area contributed by atoms with Crippen LogP contribution in [0.3, 0.4) is 0 Å². The van der Waals surface area contributed by atoms with E-state index in [2.05, 4.69) is 21.4 Å². The summed E-state index contributed by atoms with van der Waals surface area (Å²) in [6, 6.07) is 22.1. The van der Waals surface area contributed by atoms with Crippen molar-refractivity contribution in [2.45, 2.75) is 0 Å². The smallest absolute Gasteiger partial charge is 0.269 e. The normalized spacial score (nSPS) is 11.1. The number of hydrogen-bond acceptors (Lipinski definition) is 6. The number of nitro groups is 1. The highest BCUT2D eigenvalue weighted by molar-refractivity contribution is 5.92. The number of rotatable bonds is 7. The first-order valence-electron chi connectivity index (χ1n) is 9.86. The number of anilines is 1. The molecule has 4 aromatic rings.